The molecule has 17 heavy (non-hydrogen) atoms. The Bertz CT molecular complexity index is 420. The van der Waals surface area contributed by atoms with Crippen LogP contribution in [0.15, 0.2) is 5.51 Å². The van der Waals surface area contributed by atoms with Gasteiger partial charge in [-0.1, -0.05) is 18.3 Å². The molecule has 0 radical (unpaired) electrons. The normalized spacial score (nSPS) is 27.9. The number of carbonyl (C=O) groups excluding carboxylic acids is 1. The van der Waals surface area contributed by atoms with Crippen LogP contribution in [0, 0.1) is 17.8 Å². The van der Waals surface area contributed by atoms with Crippen molar-refractivity contribution in [2.45, 2.75) is 19.8 Å². The SMILES string of the molecule is CC1C[C@H](C(=O)Nc2nncs2)[C@H](C(=O)O)C1. The maximum Gasteiger partial charge on any atom is 0.307 e. The summed E-state index contributed by atoms with van der Waals surface area (Å²) in [5, 5.41) is 19.4. The molecule has 1 unspecified atom stereocenters. The molecular formula is C10H13N3O3S. The van der Waals surface area contributed by atoms with E-state index in [1.165, 1.54) is 16.8 Å². The third-order valence-electron chi connectivity index (χ3n) is 3.04. The van der Waals surface area contributed by atoms with Crippen LogP contribution < -0.4 is 5.32 Å². The molecule has 0 spiro atoms. The van der Waals surface area contributed by atoms with Crippen LogP contribution in [-0.4, -0.2) is 27.2 Å². The van der Waals surface area contributed by atoms with Gasteiger partial charge in [-0.15, -0.1) is 10.2 Å². The average molecular weight is 255 g/mol. The second kappa shape index (κ2) is 4.79. The van der Waals surface area contributed by atoms with E-state index in [2.05, 4.69) is 15.5 Å². The van der Waals surface area contributed by atoms with Gasteiger partial charge >= 0.3 is 5.97 Å². The molecule has 7 heteroatoms. The predicted molar refractivity (Wildman–Crippen MR) is 61.6 cm³/mol. The molecule has 6 nitrogen and oxygen atoms in total. The fourth-order valence-electron chi connectivity index (χ4n) is 2.28. The first-order valence-electron chi connectivity index (χ1n) is 5.37. The zero-order chi connectivity index (χ0) is 12.4. The number of nitrogens with one attached hydrogen (secondary N) is 1. The molecular weight excluding hydrogens is 242 g/mol. The number of carboxylic acid groups (broad SMARTS) is 1. The Kier molecular flexibility index (Phi) is 3.37. The number of anilines is 1. The lowest BCUT2D eigenvalue weighted by molar-refractivity contribution is -0.145. The lowest BCUT2D eigenvalue weighted by Crippen LogP contribution is -2.29. The standard InChI is InChI=1S/C10H13N3O3S/c1-5-2-6(7(3-5)9(15)16)8(14)12-10-13-11-4-17-10/h4-7H,2-3H2,1H3,(H,15,16)(H,12,13,14)/t5?,6-,7+/m0/s1. The molecule has 1 aliphatic rings. The molecule has 0 aliphatic heterocycles. The van der Waals surface area contributed by atoms with Crippen molar-refractivity contribution >= 4 is 28.3 Å². The summed E-state index contributed by atoms with van der Waals surface area (Å²) in [6.07, 6.45) is 1.17. The van der Waals surface area contributed by atoms with Gasteiger partial charge in [0.05, 0.1) is 11.8 Å². The molecule has 0 aromatic carbocycles. The maximum atomic E-state index is 11.9. The molecule has 2 rings (SSSR count). The highest BCUT2D eigenvalue weighted by atomic mass is 32.1. The van der Waals surface area contributed by atoms with Gasteiger partial charge in [0, 0.05) is 0 Å². The first kappa shape index (κ1) is 12.0. The number of aromatic nitrogens is 2. The lowest BCUT2D eigenvalue weighted by Gasteiger charge is -2.13. The van der Waals surface area contributed by atoms with Crippen LogP contribution in [0.1, 0.15) is 19.8 Å². The van der Waals surface area contributed by atoms with E-state index < -0.39 is 17.8 Å². The molecule has 1 amide bonds. The van der Waals surface area contributed by atoms with Gasteiger partial charge in [-0.05, 0) is 18.8 Å². The van der Waals surface area contributed by atoms with E-state index in [-0.39, 0.29) is 11.8 Å². The van der Waals surface area contributed by atoms with Crippen molar-refractivity contribution in [1.29, 1.82) is 0 Å². The topological polar surface area (TPSA) is 92.2 Å². The summed E-state index contributed by atoms with van der Waals surface area (Å²) in [6, 6.07) is 0. The molecule has 2 N–H and O–H groups in total. The van der Waals surface area contributed by atoms with Crippen LogP contribution in [0.4, 0.5) is 5.13 Å². The molecule has 1 aromatic heterocycles. The van der Waals surface area contributed by atoms with Gasteiger partial charge in [-0.2, -0.15) is 0 Å². The Balaban J connectivity index is 2.05. The number of carboxylic acids is 1. The van der Waals surface area contributed by atoms with Gasteiger partial charge in [0.25, 0.3) is 0 Å². The van der Waals surface area contributed by atoms with Gasteiger partial charge in [-0.25, -0.2) is 0 Å². The summed E-state index contributed by atoms with van der Waals surface area (Å²) >= 11 is 1.22. The van der Waals surface area contributed by atoms with E-state index >= 15 is 0 Å². The van der Waals surface area contributed by atoms with Gasteiger partial charge in [0.2, 0.25) is 11.0 Å². The van der Waals surface area contributed by atoms with Crippen LogP contribution in [0.2, 0.25) is 0 Å². The third-order valence-corrected chi connectivity index (χ3v) is 3.65. The van der Waals surface area contributed by atoms with Gasteiger partial charge < -0.3 is 10.4 Å². The highest BCUT2D eigenvalue weighted by Gasteiger charge is 2.41. The molecule has 1 aliphatic carbocycles. The largest absolute Gasteiger partial charge is 0.481 e. The van der Waals surface area contributed by atoms with Crippen molar-refractivity contribution in [3.63, 3.8) is 0 Å². The maximum absolute atomic E-state index is 11.9. The summed E-state index contributed by atoms with van der Waals surface area (Å²) in [6.45, 7) is 1.97. The van der Waals surface area contributed by atoms with Crippen LogP contribution in [0.5, 0.6) is 0 Å². The van der Waals surface area contributed by atoms with E-state index in [4.69, 9.17) is 5.11 Å². The molecule has 1 aromatic rings. The van der Waals surface area contributed by atoms with Crippen LogP contribution in [0.3, 0.4) is 0 Å². The Morgan fingerprint density at radius 1 is 1.47 bits per heavy atom. The van der Waals surface area contributed by atoms with Crippen molar-refractivity contribution < 1.29 is 14.7 Å². The minimum absolute atomic E-state index is 0.265. The Morgan fingerprint density at radius 2 is 2.18 bits per heavy atom. The summed E-state index contributed by atoms with van der Waals surface area (Å²) in [7, 11) is 0. The number of hydrogen-bond acceptors (Lipinski definition) is 5. The zero-order valence-corrected chi connectivity index (χ0v) is 10.1. The molecule has 1 heterocycles. The van der Waals surface area contributed by atoms with E-state index in [1.807, 2.05) is 6.92 Å². The quantitative estimate of drug-likeness (QED) is 0.847. The van der Waals surface area contributed by atoms with Crippen molar-refractivity contribution in [3.05, 3.63) is 5.51 Å². The number of hydrogen-bond donors (Lipinski definition) is 2. The molecule has 1 fully saturated rings. The molecule has 0 saturated heterocycles. The smallest absolute Gasteiger partial charge is 0.307 e. The van der Waals surface area contributed by atoms with Crippen molar-refractivity contribution in [2.75, 3.05) is 5.32 Å². The molecule has 1 saturated carbocycles. The average Bonchev–Trinajstić information content (AvgIpc) is 2.86. The fraction of sp³-hybridized carbons (Fsp3) is 0.600. The van der Waals surface area contributed by atoms with Gasteiger partial charge in [0.1, 0.15) is 5.51 Å². The van der Waals surface area contributed by atoms with Gasteiger partial charge in [-0.3, -0.25) is 9.59 Å². The number of carbonyl (C=O) groups is 2. The molecule has 3 atom stereocenters. The first-order chi connectivity index (χ1) is 8.08. The minimum Gasteiger partial charge on any atom is -0.481 e. The van der Waals surface area contributed by atoms with E-state index in [0.29, 0.717) is 18.0 Å². The summed E-state index contributed by atoms with van der Waals surface area (Å²) in [5.41, 5.74) is 1.52. The van der Waals surface area contributed by atoms with Crippen LogP contribution in [0.25, 0.3) is 0 Å². The van der Waals surface area contributed by atoms with Crippen molar-refractivity contribution in [3.8, 4) is 0 Å². The van der Waals surface area contributed by atoms with Crippen molar-refractivity contribution in [2.24, 2.45) is 17.8 Å². The second-order valence-electron chi connectivity index (χ2n) is 4.36. The number of aliphatic carboxylic acids is 1. The number of rotatable bonds is 3. The Labute approximate surface area is 102 Å². The van der Waals surface area contributed by atoms with E-state index in [9.17, 15) is 9.59 Å². The summed E-state index contributed by atoms with van der Waals surface area (Å²) in [4.78, 5) is 23.0. The number of amides is 1. The van der Waals surface area contributed by atoms with E-state index in [0.717, 1.165) is 0 Å². The zero-order valence-electron chi connectivity index (χ0n) is 9.29. The lowest BCUT2D eigenvalue weighted by atomic mass is 9.95. The number of nitrogens with zero attached hydrogens (tertiary/aromatic N) is 2. The van der Waals surface area contributed by atoms with Crippen LogP contribution >= 0.6 is 11.3 Å². The van der Waals surface area contributed by atoms with Gasteiger partial charge in [0.15, 0.2) is 0 Å². The summed E-state index contributed by atoms with van der Waals surface area (Å²) < 4.78 is 0. The second-order valence-corrected chi connectivity index (χ2v) is 5.19. The Hall–Kier alpha value is -1.50. The van der Waals surface area contributed by atoms with Crippen LogP contribution in [-0.2, 0) is 9.59 Å². The monoisotopic (exact) mass is 255 g/mol. The molecule has 0 bridgehead atoms. The highest BCUT2D eigenvalue weighted by Crippen LogP contribution is 2.37. The highest BCUT2D eigenvalue weighted by molar-refractivity contribution is 7.13. The Morgan fingerprint density at radius 3 is 2.76 bits per heavy atom. The predicted octanol–water partition coefficient (Wildman–Crippen LogP) is 1.22. The fourth-order valence-corrected chi connectivity index (χ4v) is 2.73. The van der Waals surface area contributed by atoms with E-state index in [1.54, 1.807) is 0 Å². The summed E-state index contributed by atoms with van der Waals surface area (Å²) in [5.74, 6) is -1.95. The third kappa shape index (κ3) is 2.60. The minimum atomic E-state index is -0.897. The first-order valence-corrected chi connectivity index (χ1v) is 6.25. The molecule has 92 valence electrons. The van der Waals surface area contributed by atoms with Crippen molar-refractivity contribution in [1.82, 2.24) is 10.2 Å².